The second-order valence-electron chi connectivity index (χ2n) is 3.25. The van der Waals surface area contributed by atoms with Gasteiger partial charge in [-0.15, -0.1) is 16.8 Å². The van der Waals surface area contributed by atoms with Crippen molar-refractivity contribution in [3.05, 3.63) is 37.1 Å². The highest BCUT2D eigenvalue weighted by molar-refractivity contribution is 7.99. The topological polar surface area (TPSA) is 42.2 Å². The van der Waals surface area contributed by atoms with Crippen LogP contribution in [0.1, 0.15) is 0 Å². The lowest BCUT2D eigenvalue weighted by atomic mass is 10.5. The molecule has 2 rings (SSSR count). The lowest BCUT2D eigenvalue weighted by Crippen LogP contribution is -2.16. The maximum atomic E-state index is 4.14. The van der Waals surface area contributed by atoms with E-state index in [0.29, 0.717) is 0 Å². The fourth-order valence-electron chi connectivity index (χ4n) is 1.34. The van der Waals surface area contributed by atoms with E-state index in [0.717, 1.165) is 29.6 Å². The Hall–Kier alpha value is -1.33. The second kappa shape index (κ2) is 5.67. The fraction of sp³-hybridized carbons (Fsp3) is 0.273. The summed E-state index contributed by atoms with van der Waals surface area (Å²) in [6.45, 7) is 5.44. The maximum absolute atomic E-state index is 4.14. The van der Waals surface area contributed by atoms with Gasteiger partial charge in [0.05, 0.1) is 0 Å². The Bertz CT molecular complexity index is 466. The summed E-state index contributed by atoms with van der Waals surface area (Å²) in [5, 5.41) is 12.4. The van der Waals surface area contributed by atoms with Crippen molar-refractivity contribution in [1.82, 2.24) is 19.9 Å². The van der Waals surface area contributed by atoms with Gasteiger partial charge in [0.25, 0.3) is 0 Å². The first-order valence-corrected chi connectivity index (χ1v) is 6.14. The zero-order valence-electron chi connectivity index (χ0n) is 8.97. The van der Waals surface area contributed by atoms with Gasteiger partial charge >= 0.3 is 0 Å². The van der Waals surface area contributed by atoms with E-state index < -0.39 is 0 Å². The largest absolute Gasteiger partial charge is 0.312 e. The van der Waals surface area contributed by atoms with Crippen molar-refractivity contribution in [2.24, 2.45) is 0 Å². The molecule has 0 aliphatic carbocycles. The zero-order valence-corrected chi connectivity index (χ0v) is 9.78. The van der Waals surface area contributed by atoms with Crippen molar-refractivity contribution in [1.29, 1.82) is 0 Å². The third-order valence-electron chi connectivity index (χ3n) is 2.08. The van der Waals surface area contributed by atoms with Gasteiger partial charge in [-0.05, 0) is 12.1 Å². The number of aromatic nitrogens is 3. The molecular formula is C11H14N4S. The summed E-state index contributed by atoms with van der Waals surface area (Å²) in [6, 6.07) is 5.90. The summed E-state index contributed by atoms with van der Waals surface area (Å²) in [6.07, 6.45) is 3.84. The average molecular weight is 234 g/mol. The monoisotopic (exact) mass is 234 g/mol. The Kier molecular flexibility index (Phi) is 3.96. The fourth-order valence-corrected chi connectivity index (χ4v) is 2.16. The maximum Gasteiger partial charge on any atom is 0.195 e. The van der Waals surface area contributed by atoms with Crippen LogP contribution in [0.2, 0.25) is 0 Å². The third kappa shape index (κ3) is 2.62. The SMILES string of the molecule is C=CCNCCSc1nnc2ccccn12. The Labute approximate surface area is 98.8 Å². The number of nitrogens with zero attached hydrogens (tertiary/aromatic N) is 3. The molecule has 0 radical (unpaired) electrons. The molecule has 0 bridgehead atoms. The van der Waals surface area contributed by atoms with Gasteiger partial charge in [-0.3, -0.25) is 4.40 Å². The van der Waals surface area contributed by atoms with Crippen LogP contribution in [-0.4, -0.2) is 33.4 Å². The van der Waals surface area contributed by atoms with Crippen molar-refractivity contribution in [2.45, 2.75) is 5.16 Å². The first kappa shape index (κ1) is 11.2. The highest BCUT2D eigenvalue weighted by Gasteiger charge is 2.03. The van der Waals surface area contributed by atoms with Crippen molar-refractivity contribution in [3.63, 3.8) is 0 Å². The van der Waals surface area contributed by atoms with Gasteiger partial charge in [-0.1, -0.05) is 23.9 Å². The molecule has 0 aromatic carbocycles. The molecule has 0 spiro atoms. The summed E-state index contributed by atoms with van der Waals surface area (Å²) in [7, 11) is 0. The van der Waals surface area contributed by atoms with Crippen LogP contribution in [-0.2, 0) is 0 Å². The van der Waals surface area contributed by atoms with E-state index in [4.69, 9.17) is 0 Å². The minimum absolute atomic E-state index is 0.848. The lowest BCUT2D eigenvalue weighted by molar-refractivity contribution is 0.804. The van der Waals surface area contributed by atoms with E-state index >= 15 is 0 Å². The van der Waals surface area contributed by atoms with Gasteiger partial charge in [0.2, 0.25) is 0 Å². The number of nitrogens with one attached hydrogen (secondary N) is 1. The number of thioether (sulfide) groups is 1. The predicted molar refractivity (Wildman–Crippen MR) is 66.8 cm³/mol. The van der Waals surface area contributed by atoms with E-state index in [2.05, 4.69) is 22.1 Å². The van der Waals surface area contributed by atoms with Crippen LogP contribution in [0.4, 0.5) is 0 Å². The van der Waals surface area contributed by atoms with Crippen LogP contribution in [0.5, 0.6) is 0 Å². The third-order valence-corrected chi connectivity index (χ3v) is 3.03. The molecule has 0 aliphatic heterocycles. The molecule has 0 fully saturated rings. The average Bonchev–Trinajstić information content (AvgIpc) is 2.73. The zero-order chi connectivity index (χ0) is 11.2. The molecule has 0 unspecified atom stereocenters. The van der Waals surface area contributed by atoms with E-state index in [-0.39, 0.29) is 0 Å². The molecule has 1 N–H and O–H groups in total. The smallest absolute Gasteiger partial charge is 0.195 e. The Morgan fingerprint density at radius 3 is 3.25 bits per heavy atom. The van der Waals surface area contributed by atoms with Crippen LogP contribution < -0.4 is 5.32 Å². The van der Waals surface area contributed by atoms with Crippen LogP contribution in [0.25, 0.3) is 5.65 Å². The van der Waals surface area contributed by atoms with Crippen LogP contribution >= 0.6 is 11.8 Å². The van der Waals surface area contributed by atoms with Gasteiger partial charge in [-0.25, -0.2) is 0 Å². The number of pyridine rings is 1. The Morgan fingerprint density at radius 2 is 2.38 bits per heavy atom. The van der Waals surface area contributed by atoms with Gasteiger partial charge in [0.15, 0.2) is 10.8 Å². The molecule has 0 atom stereocenters. The normalized spacial score (nSPS) is 10.8. The van der Waals surface area contributed by atoms with Crippen molar-refractivity contribution in [2.75, 3.05) is 18.8 Å². The van der Waals surface area contributed by atoms with Crippen LogP contribution in [0, 0.1) is 0 Å². The lowest BCUT2D eigenvalue weighted by Gasteiger charge is -2.00. The molecule has 2 aromatic rings. The first-order valence-electron chi connectivity index (χ1n) is 5.16. The van der Waals surface area contributed by atoms with E-state index in [1.807, 2.05) is 34.9 Å². The predicted octanol–water partition coefficient (Wildman–Crippen LogP) is 1.60. The summed E-state index contributed by atoms with van der Waals surface area (Å²) in [5.74, 6) is 0.976. The van der Waals surface area contributed by atoms with Crippen LogP contribution in [0.3, 0.4) is 0 Å². The molecule has 0 amide bonds. The number of fused-ring (bicyclic) bond motifs is 1. The molecule has 4 nitrogen and oxygen atoms in total. The van der Waals surface area contributed by atoms with Gasteiger partial charge in [0.1, 0.15) is 0 Å². The highest BCUT2D eigenvalue weighted by Crippen LogP contribution is 2.15. The van der Waals surface area contributed by atoms with Crippen LogP contribution in [0.15, 0.2) is 42.2 Å². The standard InChI is InChI=1S/C11H14N4S/c1-2-6-12-7-9-16-11-14-13-10-5-3-4-8-15(10)11/h2-5,8,12H,1,6-7,9H2. The van der Waals surface area contributed by atoms with E-state index in [1.54, 1.807) is 11.8 Å². The number of hydrogen-bond acceptors (Lipinski definition) is 4. The molecule has 0 saturated carbocycles. The van der Waals surface area contributed by atoms with Crippen molar-refractivity contribution >= 4 is 17.4 Å². The number of hydrogen-bond donors (Lipinski definition) is 1. The Balaban J connectivity index is 1.91. The molecule has 0 saturated heterocycles. The summed E-state index contributed by atoms with van der Waals surface area (Å²) in [4.78, 5) is 0. The van der Waals surface area contributed by atoms with Gasteiger partial charge in [0, 0.05) is 25.0 Å². The Morgan fingerprint density at radius 1 is 1.44 bits per heavy atom. The summed E-state index contributed by atoms with van der Waals surface area (Å²) in [5.41, 5.74) is 0.893. The molecule has 2 aromatic heterocycles. The van der Waals surface area contributed by atoms with E-state index in [1.165, 1.54) is 0 Å². The van der Waals surface area contributed by atoms with Crippen molar-refractivity contribution in [3.8, 4) is 0 Å². The second-order valence-corrected chi connectivity index (χ2v) is 4.31. The van der Waals surface area contributed by atoms with E-state index in [9.17, 15) is 0 Å². The van der Waals surface area contributed by atoms with Gasteiger partial charge in [-0.2, -0.15) is 0 Å². The quantitative estimate of drug-likeness (QED) is 0.468. The summed E-state index contributed by atoms with van der Waals surface area (Å²) < 4.78 is 2.00. The number of rotatable bonds is 6. The molecule has 5 heteroatoms. The molecule has 16 heavy (non-hydrogen) atoms. The molecular weight excluding hydrogens is 220 g/mol. The highest BCUT2D eigenvalue weighted by atomic mass is 32.2. The molecule has 2 heterocycles. The minimum Gasteiger partial charge on any atom is -0.312 e. The minimum atomic E-state index is 0.848. The van der Waals surface area contributed by atoms with Gasteiger partial charge < -0.3 is 5.32 Å². The summed E-state index contributed by atoms with van der Waals surface area (Å²) >= 11 is 1.70. The first-order chi connectivity index (χ1) is 7.92. The van der Waals surface area contributed by atoms with Crippen molar-refractivity contribution < 1.29 is 0 Å². The molecule has 84 valence electrons. The molecule has 0 aliphatic rings.